The number of aromatic amines is 1. The maximum atomic E-state index is 8.52. The van der Waals surface area contributed by atoms with Gasteiger partial charge in [0.05, 0.1) is 0 Å². The van der Waals surface area contributed by atoms with Gasteiger partial charge in [-0.25, -0.2) is 9.97 Å². The van der Waals surface area contributed by atoms with Crippen LogP contribution in [-0.2, 0) is 0 Å². The smallest absolute Gasteiger partial charge is 0.189 e. The summed E-state index contributed by atoms with van der Waals surface area (Å²) in [6.07, 6.45) is 1.41. The Morgan fingerprint density at radius 2 is 2.38 bits per heavy atom. The van der Waals surface area contributed by atoms with Crippen LogP contribution in [0.4, 0.5) is 0 Å². The summed E-state index contributed by atoms with van der Waals surface area (Å²) < 4.78 is 0. The molecular weight excluding hydrogens is 228 g/mol. The zero-order valence-corrected chi connectivity index (χ0v) is 8.85. The number of nitrogens with two attached hydrogens (primary N) is 1. The van der Waals surface area contributed by atoms with Crippen LogP contribution >= 0.6 is 11.8 Å². The molecule has 0 saturated carbocycles. The highest BCUT2D eigenvalue weighted by molar-refractivity contribution is 7.99. The maximum absolute atomic E-state index is 8.52. The van der Waals surface area contributed by atoms with Crippen LogP contribution in [0.1, 0.15) is 5.69 Å². The van der Waals surface area contributed by atoms with E-state index in [0.717, 1.165) is 0 Å². The average molecular weight is 236 g/mol. The average Bonchev–Trinajstić information content (AvgIpc) is 2.81. The summed E-state index contributed by atoms with van der Waals surface area (Å²) in [5.41, 5.74) is 5.84. The van der Waals surface area contributed by atoms with Crippen molar-refractivity contribution in [2.75, 3.05) is 0 Å². The predicted octanol–water partition coefficient (Wildman–Crippen LogP) is 0.445. The molecule has 2 aromatic rings. The number of aromatic nitrogens is 4. The van der Waals surface area contributed by atoms with Gasteiger partial charge in [0.2, 0.25) is 0 Å². The molecule has 16 heavy (non-hydrogen) atoms. The minimum absolute atomic E-state index is 0.0278. The molecule has 0 unspecified atom stereocenters. The summed E-state index contributed by atoms with van der Waals surface area (Å²) >= 11 is 1.30. The third kappa shape index (κ3) is 2.28. The Morgan fingerprint density at radius 3 is 3.06 bits per heavy atom. The molecule has 0 aliphatic rings. The monoisotopic (exact) mass is 236 g/mol. The summed E-state index contributed by atoms with van der Waals surface area (Å²) in [6.45, 7) is 0. The lowest BCUT2D eigenvalue weighted by Crippen LogP contribution is -2.14. The van der Waals surface area contributed by atoms with Gasteiger partial charge in [-0.15, -0.1) is 0 Å². The SMILES string of the molecule is NC(=NO)c1cccc(Sc2ncn[nH]2)n1. The maximum Gasteiger partial charge on any atom is 0.189 e. The van der Waals surface area contributed by atoms with Crippen LogP contribution in [0.2, 0.25) is 0 Å². The second kappa shape index (κ2) is 4.62. The van der Waals surface area contributed by atoms with Crippen LogP contribution < -0.4 is 5.73 Å². The third-order valence-electron chi connectivity index (χ3n) is 1.69. The summed E-state index contributed by atoms with van der Waals surface area (Å²) in [5, 5.41) is 19.1. The molecule has 2 aromatic heterocycles. The fourth-order valence-electron chi connectivity index (χ4n) is 1.01. The first-order chi connectivity index (χ1) is 7.79. The quantitative estimate of drug-likeness (QED) is 0.308. The van der Waals surface area contributed by atoms with E-state index in [1.807, 2.05) is 0 Å². The number of rotatable bonds is 3. The lowest BCUT2D eigenvalue weighted by molar-refractivity contribution is 0.318. The lowest BCUT2D eigenvalue weighted by Gasteiger charge is -2.00. The van der Waals surface area contributed by atoms with Gasteiger partial charge in [-0.2, -0.15) is 5.10 Å². The molecule has 0 atom stereocenters. The van der Waals surface area contributed by atoms with E-state index in [-0.39, 0.29) is 5.84 Å². The highest BCUT2D eigenvalue weighted by Gasteiger charge is 2.05. The topological polar surface area (TPSA) is 113 Å². The molecule has 0 radical (unpaired) electrons. The Kier molecular flexibility index (Phi) is 3.01. The van der Waals surface area contributed by atoms with Crippen molar-refractivity contribution in [3.63, 3.8) is 0 Å². The van der Waals surface area contributed by atoms with Crippen LogP contribution in [0, 0.1) is 0 Å². The van der Waals surface area contributed by atoms with E-state index in [1.165, 1.54) is 18.1 Å². The van der Waals surface area contributed by atoms with Crippen molar-refractivity contribution in [3.05, 3.63) is 30.2 Å². The van der Waals surface area contributed by atoms with E-state index >= 15 is 0 Å². The molecule has 4 N–H and O–H groups in total. The molecule has 2 rings (SSSR count). The first-order valence-electron chi connectivity index (χ1n) is 4.28. The van der Waals surface area contributed by atoms with Gasteiger partial charge >= 0.3 is 0 Å². The predicted molar refractivity (Wildman–Crippen MR) is 57.3 cm³/mol. The van der Waals surface area contributed by atoms with Crippen molar-refractivity contribution in [1.29, 1.82) is 0 Å². The highest BCUT2D eigenvalue weighted by Crippen LogP contribution is 2.21. The van der Waals surface area contributed by atoms with Gasteiger partial charge in [0.1, 0.15) is 17.0 Å². The molecule has 2 heterocycles. The molecule has 0 aliphatic heterocycles. The minimum Gasteiger partial charge on any atom is -0.409 e. The highest BCUT2D eigenvalue weighted by atomic mass is 32.2. The van der Waals surface area contributed by atoms with Crippen LogP contribution in [0.25, 0.3) is 0 Å². The fourth-order valence-corrected chi connectivity index (χ4v) is 1.69. The minimum atomic E-state index is -0.0278. The number of pyridine rings is 1. The van der Waals surface area contributed by atoms with Crippen LogP contribution in [0.15, 0.2) is 39.9 Å². The Morgan fingerprint density at radius 1 is 1.50 bits per heavy atom. The number of oxime groups is 1. The van der Waals surface area contributed by atoms with Crippen molar-refractivity contribution in [1.82, 2.24) is 20.2 Å². The van der Waals surface area contributed by atoms with E-state index in [9.17, 15) is 0 Å². The molecule has 82 valence electrons. The Balaban J connectivity index is 2.23. The molecule has 8 heteroatoms. The summed E-state index contributed by atoms with van der Waals surface area (Å²) in [5.74, 6) is -0.0278. The van der Waals surface area contributed by atoms with Gasteiger partial charge in [0.15, 0.2) is 11.0 Å². The molecule has 0 fully saturated rings. The second-order valence-corrected chi connectivity index (χ2v) is 3.75. The van der Waals surface area contributed by atoms with Crippen LogP contribution in [-0.4, -0.2) is 31.2 Å². The van der Waals surface area contributed by atoms with Gasteiger partial charge in [0, 0.05) is 0 Å². The first-order valence-corrected chi connectivity index (χ1v) is 5.09. The van der Waals surface area contributed by atoms with Crippen molar-refractivity contribution >= 4 is 17.6 Å². The normalized spacial score (nSPS) is 11.6. The first kappa shape index (κ1) is 10.4. The number of nitrogens with zero attached hydrogens (tertiary/aromatic N) is 4. The molecule has 0 aliphatic carbocycles. The molecule has 7 nitrogen and oxygen atoms in total. The summed E-state index contributed by atoms with van der Waals surface area (Å²) in [6, 6.07) is 5.21. The van der Waals surface area contributed by atoms with E-state index in [2.05, 4.69) is 25.3 Å². The largest absolute Gasteiger partial charge is 0.409 e. The Bertz CT molecular complexity index is 497. The van der Waals surface area contributed by atoms with Crippen LogP contribution in [0.3, 0.4) is 0 Å². The van der Waals surface area contributed by atoms with Gasteiger partial charge in [-0.1, -0.05) is 11.2 Å². The van der Waals surface area contributed by atoms with Gasteiger partial charge in [-0.05, 0) is 23.9 Å². The lowest BCUT2D eigenvalue weighted by atomic mass is 10.3. The van der Waals surface area contributed by atoms with Crippen molar-refractivity contribution in [2.24, 2.45) is 10.9 Å². The van der Waals surface area contributed by atoms with Crippen LogP contribution in [0.5, 0.6) is 0 Å². The molecule has 0 spiro atoms. The van der Waals surface area contributed by atoms with Crippen molar-refractivity contribution in [3.8, 4) is 0 Å². The summed E-state index contributed by atoms with van der Waals surface area (Å²) in [4.78, 5) is 8.13. The third-order valence-corrected chi connectivity index (χ3v) is 2.51. The molecule has 0 aromatic carbocycles. The molecule has 0 amide bonds. The molecular formula is C8H8N6OS. The van der Waals surface area contributed by atoms with E-state index in [0.29, 0.717) is 15.9 Å². The molecule has 0 saturated heterocycles. The van der Waals surface area contributed by atoms with E-state index in [1.54, 1.807) is 18.2 Å². The zero-order valence-electron chi connectivity index (χ0n) is 8.03. The Hall–Kier alpha value is -2.09. The number of hydrogen-bond donors (Lipinski definition) is 3. The van der Waals surface area contributed by atoms with Crippen molar-refractivity contribution < 1.29 is 5.21 Å². The summed E-state index contributed by atoms with van der Waals surface area (Å²) in [7, 11) is 0. The number of hydrogen-bond acceptors (Lipinski definition) is 6. The van der Waals surface area contributed by atoms with E-state index < -0.39 is 0 Å². The van der Waals surface area contributed by atoms with Crippen molar-refractivity contribution in [2.45, 2.75) is 10.2 Å². The fraction of sp³-hybridized carbons (Fsp3) is 0. The number of amidine groups is 1. The number of nitrogens with one attached hydrogen (secondary N) is 1. The van der Waals surface area contributed by atoms with E-state index in [4.69, 9.17) is 10.9 Å². The standard InChI is InChI=1S/C8H8N6OS/c9-7(14-15)5-2-1-3-6(12-5)16-8-10-4-11-13-8/h1-4,15H,(H2,9,14)(H,10,11,13). The zero-order chi connectivity index (χ0) is 11.4. The number of H-pyrrole nitrogens is 1. The van der Waals surface area contributed by atoms with Gasteiger partial charge < -0.3 is 10.9 Å². The Labute approximate surface area is 94.8 Å². The second-order valence-electron chi connectivity index (χ2n) is 2.74. The molecule has 0 bridgehead atoms. The van der Waals surface area contributed by atoms with Gasteiger partial charge in [-0.3, -0.25) is 5.10 Å². The van der Waals surface area contributed by atoms with Gasteiger partial charge in [0.25, 0.3) is 0 Å².